The number of rotatable bonds is 2. The average Bonchev–Trinajstić information content (AvgIpc) is 2.31. The van der Waals surface area contributed by atoms with Gasteiger partial charge in [0.05, 0.1) is 6.10 Å². The predicted octanol–water partition coefficient (Wildman–Crippen LogP) is -1.55. The summed E-state index contributed by atoms with van der Waals surface area (Å²) in [6.07, 6.45) is -3.92. The lowest BCUT2D eigenvalue weighted by Gasteiger charge is -2.20. The van der Waals surface area contributed by atoms with Crippen LogP contribution in [-0.4, -0.2) is 51.6 Å². The third-order valence-corrected chi connectivity index (χ3v) is 2.35. The molecule has 0 aliphatic carbocycles. The van der Waals surface area contributed by atoms with Gasteiger partial charge in [-0.05, 0) is 13.8 Å². The number of aldehydes is 1. The summed E-state index contributed by atoms with van der Waals surface area (Å²) >= 11 is 0. The van der Waals surface area contributed by atoms with Gasteiger partial charge < -0.3 is 24.9 Å². The second-order valence-corrected chi connectivity index (χ2v) is 3.56. The van der Waals surface area contributed by atoms with Crippen LogP contribution in [0.2, 0.25) is 0 Å². The van der Waals surface area contributed by atoms with Crippen LogP contribution < -0.4 is 0 Å². The highest BCUT2D eigenvalue weighted by molar-refractivity contribution is 5.64. The van der Waals surface area contributed by atoms with Crippen molar-refractivity contribution in [1.82, 2.24) is 0 Å². The molecule has 1 fully saturated rings. The fraction of sp³-hybridized carbons (Fsp3) is 0.875. The number of hydrogen-bond acceptors (Lipinski definition) is 5. The van der Waals surface area contributed by atoms with E-state index in [0.29, 0.717) is 6.29 Å². The van der Waals surface area contributed by atoms with Gasteiger partial charge in [-0.2, -0.15) is 0 Å². The second kappa shape index (κ2) is 3.34. The van der Waals surface area contributed by atoms with E-state index in [2.05, 4.69) is 0 Å². The lowest BCUT2D eigenvalue weighted by Crippen LogP contribution is -2.42. The minimum Gasteiger partial charge on any atom is -0.391 e. The Bertz CT molecular complexity index is 205. The molecule has 5 atom stereocenters. The van der Waals surface area contributed by atoms with E-state index in [4.69, 9.17) is 9.84 Å². The van der Waals surface area contributed by atoms with Crippen LogP contribution in [0.4, 0.5) is 0 Å². The summed E-state index contributed by atoms with van der Waals surface area (Å²) in [5, 5.41) is 28.0. The van der Waals surface area contributed by atoms with Gasteiger partial charge in [0, 0.05) is 0 Å². The van der Waals surface area contributed by atoms with Crippen molar-refractivity contribution in [2.45, 2.75) is 43.9 Å². The van der Waals surface area contributed by atoms with Gasteiger partial charge in [-0.15, -0.1) is 0 Å². The van der Waals surface area contributed by atoms with Gasteiger partial charge in [0.25, 0.3) is 0 Å². The molecule has 13 heavy (non-hydrogen) atoms. The number of carbonyl (C=O) groups excluding carboxylic acids is 1. The molecule has 1 saturated heterocycles. The molecule has 0 spiro atoms. The maximum Gasteiger partial charge on any atom is 0.154 e. The molecule has 0 bridgehead atoms. The first-order valence-corrected chi connectivity index (χ1v) is 4.10. The van der Waals surface area contributed by atoms with Crippen LogP contribution in [0.15, 0.2) is 0 Å². The molecule has 4 unspecified atom stereocenters. The van der Waals surface area contributed by atoms with Gasteiger partial charge in [0.1, 0.15) is 23.9 Å². The molecule has 1 aliphatic heterocycles. The van der Waals surface area contributed by atoms with Crippen LogP contribution >= 0.6 is 0 Å². The first-order valence-electron chi connectivity index (χ1n) is 4.10. The summed E-state index contributed by atoms with van der Waals surface area (Å²) in [6.45, 7) is 2.80. The topological polar surface area (TPSA) is 87.0 Å². The lowest BCUT2D eigenvalue weighted by molar-refractivity contribution is -0.139. The van der Waals surface area contributed by atoms with Crippen molar-refractivity contribution in [3.63, 3.8) is 0 Å². The van der Waals surface area contributed by atoms with Gasteiger partial charge in [-0.3, -0.25) is 0 Å². The van der Waals surface area contributed by atoms with E-state index < -0.39 is 30.0 Å². The zero-order valence-corrected chi connectivity index (χ0v) is 7.54. The van der Waals surface area contributed by atoms with Crippen LogP contribution in [0.25, 0.3) is 0 Å². The van der Waals surface area contributed by atoms with Crippen molar-refractivity contribution in [2.75, 3.05) is 0 Å². The number of aliphatic hydroxyl groups is 3. The van der Waals surface area contributed by atoms with Gasteiger partial charge >= 0.3 is 0 Å². The molecule has 5 heteroatoms. The maximum absolute atomic E-state index is 10.6. The Morgan fingerprint density at radius 3 is 2.31 bits per heavy atom. The molecular formula is C8H14O5. The minimum atomic E-state index is -1.42. The SMILES string of the molecule is CC(O)C1O[C@](C)(C=O)C(O)C1O. The highest BCUT2D eigenvalue weighted by Crippen LogP contribution is 2.30. The molecule has 0 saturated carbocycles. The Morgan fingerprint density at radius 1 is 1.54 bits per heavy atom. The molecule has 0 amide bonds. The number of aliphatic hydroxyl groups excluding tert-OH is 3. The molecule has 1 rings (SSSR count). The standard InChI is InChI=1S/C8H14O5/c1-4(10)6-5(11)7(12)8(2,3-9)13-6/h3-7,10-12H,1-2H3/t4?,5?,6?,7?,8-/m1/s1. The normalized spacial score (nSPS) is 47.6. The van der Waals surface area contributed by atoms with E-state index in [1.165, 1.54) is 13.8 Å². The Morgan fingerprint density at radius 2 is 2.08 bits per heavy atom. The molecule has 5 nitrogen and oxygen atoms in total. The minimum absolute atomic E-state index is 0.434. The summed E-state index contributed by atoms with van der Waals surface area (Å²) in [6, 6.07) is 0. The molecule has 0 radical (unpaired) electrons. The highest BCUT2D eigenvalue weighted by Gasteiger charge is 2.52. The second-order valence-electron chi connectivity index (χ2n) is 3.56. The number of carbonyl (C=O) groups is 1. The van der Waals surface area contributed by atoms with E-state index in [9.17, 15) is 15.0 Å². The van der Waals surface area contributed by atoms with Crippen LogP contribution in [0.1, 0.15) is 13.8 Å². The zero-order chi connectivity index (χ0) is 10.2. The van der Waals surface area contributed by atoms with Crippen molar-refractivity contribution < 1.29 is 24.9 Å². The van der Waals surface area contributed by atoms with Crippen molar-refractivity contribution in [3.8, 4) is 0 Å². The summed E-state index contributed by atoms with van der Waals surface area (Å²) in [5.41, 5.74) is -1.42. The third-order valence-electron chi connectivity index (χ3n) is 2.35. The van der Waals surface area contributed by atoms with E-state index in [1.54, 1.807) is 0 Å². The quantitative estimate of drug-likeness (QED) is 0.459. The molecule has 0 aromatic heterocycles. The largest absolute Gasteiger partial charge is 0.391 e. The molecule has 1 aliphatic rings. The van der Waals surface area contributed by atoms with Crippen LogP contribution in [-0.2, 0) is 9.53 Å². The number of ether oxygens (including phenoxy) is 1. The van der Waals surface area contributed by atoms with Crippen LogP contribution in [0, 0.1) is 0 Å². The first kappa shape index (κ1) is 10.6. The highest BCUT2D eigenvalue weighted by atomic mass is 16.6. The lowest BCUT2D eigenvalue weighted by atomic mass is 9.97. The zero-order valence-electron chi connectivity index (χ0n) is 7.54. The van der Waals surface area contributed by atoms with Crippen molar-refractivity contribution in [3.05, 3.63) is 0 Å². The summed E-state index contributed by atoms with van der Waals surface area (Å²) in [4.78, 5) is 10.6. The molecule has 0 aromatic rings. The van der Waals surface area contributed by atoms with Gasteiger partial charge in [0.2, 0.25) is 0 Å². The van der Waals surface area contributed by atoms with E-state index in [0.717, 1.165) is 0 Å². The molecule has 0 aromatic carbocycles. The molecule has 1 heterocycles. The van der Waals surface area contributed by atoms with Crippen LogP contribution in [0.3, 0.4) is 0 Å². The first-order chi connectivity index (χ1) is 5.92. The Balaban J connectivity index is 2.84. The summed E-state index contributed by atoms with van der Waals surface area (Å²) < 4.78 is 5.07. The van der Waals surface area contributed by atoms with Gasteiger partial charge in [-0.1, -0.05) is 0 Å². The van der Waals surface area contributed by atoms with Crippen molar-refractivity contribution in [1.29, 1.82) is 0 Å². The van der Waals surface area contributed by atoms with E-state index in [1.807, 2.05) is 0 Å². The van der Waals surface area contributed by atoms with E-state index >= 15 is 0 Å². The molecular weight excluding hydrogens is 176 g/mol. The van der Waals surface area contributed by atoms with Gasteiger partial charge in [-0.25, -0.2) is 0 Å². The third kappa shape index (κ3) is 1.60. The van der Waals surface area contributed by atoms with E-state index in [-0.39, 0.29) is 0 Å². The Kier molecular flexibility index (Phi) is 2.72. The smallest absolute Gasteiger partial charge is 0.154 e. The predicted molar refractivity (Wildman–Crippen MR) is 43.0 cm³/mol. The van der Waals surface area contributed by atoms with Crippen molar-refractivity contribution in [2.24, 2.45) is 0 Å². The Labute approximate surface area is 75.9 Å². The van der Waals surface area contributed by atoms with Crippen LogP contribution in [0.5, 0.6) is 0 Å². The molecule has 3 N–H and O–H groups in total. The summed E-state index contributed by atoms with van der Waals surface area (Å²) in [5.74, 6) is 0. The van der Waals surface area contributed by atoms with Crippen molar-refractivity contribution >= 4 is 6.29 Å². The Hall–Kier alpha value is -0.490. The number of hydrogen-bond donors (Lipinski definition) is 3. The average molecular weight is 190 g/mol. The fourth-order valence-electron chi connectivity index (χ4n) is 1.43. The fourth-order valence-corrected chi connectivity index (χ4v) is 1.43. The van der Waals surface area contributed by atoms with Gasteiger partial charge in [0.15, 0.2) is 6.29 Å². The monoisotopic (exact) mass is 190 g/mol. The maximum atomic E-state index is 10.6. The molecule has 76 valence electrons. The summed E-state index contributed by atoms with van der Waals surface area (Å²) in [7, 11) is 0.